The first-order valence-corrected chi connectivity index (χ1v) is 27.1. The van der Waals surface area contributed by atoms with E-state index in [1.807, 2.05) is 63.4 Å². The molecule has 3 heterocycles. The summed E-state index contributed by atoms with van der Waals surface area (Å²) in [6.07, 6.45) is 0.281. The molecule has 8 heteroatoms. The molecule has 0 fully saturated rings. The van der Waals surface area contributed by atoms with Crippen molar-refractivity contribution in [2.45, 2.75) is 83.9 Å². The monoisotopic (exact) mass is 1020 g/mol. The molecule has 303 valence electrons. The molecule has 59 heavy (non-hydrogen) atoms. The minimum atomic E-state index is -2.44. The van der Waals surface area contributed by atoms with Gasteiger partial charge >= 0.3 is 185 Å². The summed E-state index contributed by atoms with van der Waals surface area (Å²) in [5.41, 5.74) is 8.92. The molecule has 0 saturated heterocycles. The minimum absolute atomic E-state index is 0. The summed E-state index contributed by atoms with van der Waals surface area (Å²) >= 11 is -2.44. The third-order valence-corrected chi connectivity index (χ3v) is 14.3. The van der Waals surface area contributed by atoms with E-state index in [0.29, 0.717) is 39.8 Å². The Morgan fingerprint density at radius 2 is 1.64 bits per heavy atom. The van der Waals surface area contributed by atoms with Crippen LogP contribution < -0.4 is 4.40 Å². The van der Waals surface area contributed by atoms with Gasteiger partial charge in [-0.1, -0.05) is 58.0 Å². The molecule has 0 bridgehead atoms. The van der Waals surface area contributed by atoms with E-state index >= 15 is 0 Å². The van der Waals surface area contributed by atoms with Gasteiger partial charge in [0, 0.05) is 31.6 Å². The minimum Gasteiger partial charge on any atom is 0 e. The maximum absolute atomic E-state index is 13.5. The predicted molar refractivity (Wildman–Crippen MR) is 240 cm³/mol. The normalized spacial score (nSPS) is 12.8. The van der Waals surface area contributed by atoms with Crippen molar-refractivity contribution in [2.24, 2.45) is 5.41 Å². The van der Waals surface area contributed by atoms with Crippen molar-refractivity contribution in [1.82, 2.24) is 14.5 Å². The number of benzene rings is 5. The van der Waals surface area contributed by atoms with Crippen LogP contribution in [0.5, 0.6) is 0 Å². The number of nitrogens with zero attached hydrogens (tertiary/aromatic N) is 4. The van der Waals surface area contributed by atoms with Gasteiger partial charge in [-0.15, -0.1) is 29.8 Å². The molecule has 0 unspecified atom stereocenters. The van der Waals surface area contributed by atoms with Crippen molar-refractivity contribution >= 4 is 50.6 Å². The zero-order valence-electron chi connectivity index (χ0n) is 38.3. The molecule has 0 aliphatic heterocycles. The number of hydrogen-bond acceptors (Lipinski definition) is 4. The first kappa shape index (κ1) is 39.6. The van der Waals surface area contributed by atoms with E-state index in [-0.39, 0.29) is 37.5 Å². The molecule has 0 aliphatic rings. The summed E-state index contributed by atoms with van der Waals surface area (Å²) in [6.45, 7) is 14.6. The molecule has 3 aromatic heterocycles. The zero-order chi connectivity index (χ0) is 44.2. The van der Waals surface area contributed by atoms with Crippen LogP contribution in [0.4, 0.5) is 4.39 Å². The number of pyridine rings is 1. The van der Waals surface area contributed by atoms with E-state index in [2.05, 4.69) is 85.9 Å². The largest absolute Gasteiger partial charge is 0 e. The predicted octanol–water partition coefficient (Wildman–Crippen LogP) is 13.3. The Kier molecular flexibility index (Phi) is 11.7. The van der Waals surface area contributed by atoms with Crippen molar-refractivity contribution in [3.8, 4) is 34.4 Å². The van der Waals surface area contributed by atoms with E-state index in [1.54, 1.807) is 24.3 Å². The van der Waals surface area contributed by atoms with Crippen molar-refractivity contribution in [3.05, 3.63) is 143 Å². The standard InChI is InChI=1S/C26H27GeN2O.C25H24FN2.Ir/c1-26(2,3)14-18-13-23(29-16-22(18)27(4,5)6)21-9-7-8-20-19-11-10-17(15-28)12-24(19)30-25(20)21;1-16(2)20-8-7-9-21(17(3)4)24(20)28-23-11-6-5-10-22(23)27-25(28)18-12-14-19(26)15-13-18;/h7-8,10-13,16H,14H2,1-6H3;5-12,14-17H,1-4H3;/q2*-1;/i12D,14D2;;. The molecule has 0 N–H and O–H groups in total. The summed E-state index contributed by atoms with van der Waals surface area (Å²) in [7, 11) is 0. The second kappa shape index (κ2) is 17.4. The van der Waals surface area contributed by atoms with Crippen LogP contribution >= 0.6 is 0 Å². The van der Waals surface area contributed by atoms with Gasteiger partial charge in [0.15, 0.2) is 0 Å². The maximum atomic E-state index is 13.5. The summed E-state index contributed by atoms with van der Waals surface area (Å²) in [5, 5.41) is 10.9. The molecule has 0 spiro atoms. The molecule has 8 aromatic rings. The van der Waals surface area contributed by atoms with Crippen molar-refractivity contribution in [3.63, 3.8) is 0 Å². The quantitative estimate of drug-likeness (QED) is 0.118. The van der Waals surface area contributed by atoms with Gasteiger partial charge in [0.2, 0.25) is 0 Å². The van der Waals surface area contributed by atoms with Gasteiger partial charge in [0.05, 0.1) is 16.9 Å². The van der Waals surface area contributed by atoms with Crippen LogP contribution in [-0.4, -0.2) is 27.8 Å². The van der Waals surface area contributed by atoms with Gasteiger partial charge in [-0.05, 0) is 35.1 Å². The van der Waals surface area contributed by atoms with E-state index in [0.717, 1.165) is 37.6 Å². The molecule has 0 amide bonds. The fourth-order valence-electron chi connectivity index (χ4n) is 7.37. The van der Waals surface area contributed by atoms with E-state index < -0.39 is 25.1 Å². The summed E-state index contributed by atoms with van der Waals surface area (Å²) in [4.78, 5) is 9.64. The van der Waals surface area contributed by atoms with Crippen LogP contribution in [-0.2, 0) is 26.5 Å². The number of halogens is 1. The maximum Gasteiger partial charge on any atom is 0 e. The van der Waals surface area contributed by atoms with E-state index in [9.17, 15) is 9.65 Å². The third kappa shape index (κ3) is 9.16. The van der Waals surface area contributed by atoms with Crippen LogP contribution in [0.15, 0.2) is 108 Å². The number of aromatic nitrogens is 3. The smallest absolute Gasteiger partial charge is 0 e. The third-order valence-electron chi connectivity index (χ3n) is 10.1. The van der Waals surface area contributed by atoms with Crippen LogP contribution in [0.25, 0.3) is 61.3 Å². The van der Waals surface area contributed by atoms with Gasteiger partial charge in [-0.25, -0.2) is 0 Å². The number of imidazole rings is 1. The topological polar surface area (TPSA) is 67.6 Å². The molecular weight excluding hydrogens is 968 g/mol. The fraction of sp³-hybridized carbons (Fsp3) is 0.275. The number of hydrogen-bond donors (Lipinski definition) is 0. The Morgan fingerprint density at radius 1 is 0.932 bits per heavy atom. The Morgan fingerprint density at radius 3 is 2.27 bits per heavy atom. The van der Waals surface area contributed by atoms with Gasteiger partial charge in [0.25, 0.3) is 0 Å². The van der Waals surface area contributed by atoms with Gasteiger partial charge in [-0.3, -0.25) is 9.37 Å². The first-order valence-electron chi connectivity index (χ1n) is 21.3. The van der Waals surface area contributed by atoms with Crippen LogP contribution in [0.2, 0.25) is 17.3 Å². The molecule has 0 aliphatic carbocycles. The van der Waals surface area contributed by atoms with Crippen molar-refractivity contribution in [2.75, 3.05) is 0 Å². The number of nitriles is 1. The van der Waals surface area contributed by atoms with E-state index in [4.69, 9.17) is 18.5 Å². The number of para-hydroxylation sites is 3. The molecule has 5 nitrogen and oxygen atoms in total. The summed E-state index contributed by atoms with van der Waals surface area (Å²) in [6, 6.07) is 36.6. The van der Waals surface area contributed by atoms with Gasteiger partial charge in [0.1, 0.15) is 0 Å². The fourth-order valence-corrected chi connectivity index (χ4v) is 10.3. The van der Waals surface area contributed by atoms with Crippen LogP contribution in [0.3, 0.4) is 0 Å². The molecule has 0 saturated carbocycles. The molecular formula is C51H51FGeIrN4O-2. The molecule has 5 aromatic carbocycles. The first-order chi connectivity index (χ1) is 28.7. The Labute approximate surface area is 368 Å². The van der Waals surface area contributed by atoms with Crippen LogP contribution in [0, 0.1) is 34.7 Å². The SMILES string of the molecule is CC(C)c1cccc(C(C)C)c1-n1c(-c2[c-]cc(F)cc2)nc2ccccc21.[2H]c1c(C#N)ccc2c1oc1c(-c3cc(C([2H])([2H])C(C)(C)C)[c]([Ge]([CH3])([CH3])[CH3])cn3)[c-]ccc12.[Ir]. The zero-order valence-corrected chi connectivity index (χ0v) is 39.8. The number of fused-ring (bicyclic) bond motifs is 4. The van der Waals surface area contributed by atoms with Gasteiger partial charge < -0.3 is 4.57 Å². The second-order valence-electron chi connectivity index (χ2n) is 17.4. The molecule has 0 atom stereocenters. The Hall–Kier alpha value is -4.87. The Bertz CT molecular complexity index is 2950. The van der Waals surface area contributed by atoms with Crippen molar-refractivity contribution in [1.29, 1.82) is 5.26 Å². The number of rotatable bonds is 7. The van der Waals surface area contributed by atoms with Crippen molar-refractivity contribution < 1.29 is 33.0 Å². The Balaban J connectivity index is 0.000000206. The van der Waals surface area contributed by atoms with Crippen LogP contribution in [0.1, 0.15) is 86.7 Å². The summed E-state index contributed by atoms with van der Waals surface area (Å²) in [5.74, 6) is 7.95. The van der Waals surface area contributed by atoms with E-state index in [1.165, 1.54) is 28.9 Å². The molecule has 1 radical (unpaired) electrons. The van der Waals surface area contributed by atoms with Gasteiger partial charge in [-0.2, -0.15) is 0 Å². The summed E-state index contributed by atoms with van der Waals surface area (Å²) < 4.78 is 49.2. The average molecular weight is 1020 g/mol. The number of furan rings is 1. The average Bonchev–Trinajstić information content (AvgIpc) is 3.80. The molecule has 8 rings (SSSR count). The second-order valence-corrected chi connectivity index (χ2v) is 28.0.